The Morgan fingerprint density at radius 1 is 1.33 bits per heavy atom. The van der Waals surface area contributed by atoms with Crippen LogP contribution in [0, 0.1) is 5.92 Å². The number of likely N-dealkylation sites (tertiary alicyclic amines) is 1. The largest absolute Gasteiger partial charge is 0.481 e. The highest BCUT2D eigenvalue weighted by molar-refractivity contribution is 5.82. The Morgan fingerprint density at radius 2 is 1.89 bits per heavy atom. The average Bonchev–Trinajstić information content (AvgIpc) is 2.27. The van der Waals surface area contributed by atoms with Crippen LogP contribution in [-0.4, -0.2) is 59.5 Å². The lowest BCUT2D eigenvalue weighted by molar-refractivity contribution is -0.138. The standard InChI is InChI=1S/C11H19N3O4/c1-13(7-9(12)15)11(18)14-4-2-8(3-5-14)6-10(16)17/h8H,2-7H2,1H3,(H2,12,15)(H,16,17). The number of aliphatic carboxylic acids is 1. The fraction of sp³-hybridized carbons (Fsp3) is 0.727. The molecule has 3 amide bonds. The molecule has 1 rings (SSSR count). The molecule has 0 aromatic carbocycles. The van der Waals surface area contributed by atoms with Crippen LogP contribution in [0.25, 0.3) is 0 Å². The molecule has 0 aromatic rings. The molecule has 3 N–H and O–H groups in total. The second kappa shape index (κ2) is 6.23. The maximum absolute atomic E-state index is 11.9. The third-order valence-electron chi connectivity index (χ3n) is 3.07. The molecule has 1 fully saturated rings. The van der Waals surface area contributed by atoms with Crippen LogP contribution >= 0.6 is 0 Å². The number of likely N-dealkylation sites (N-methyl/N-ethyl adjacent to an activating group) is 1. The van der Waals surface area contributed by atoms with Crippen molar-refractivity contribution in [2.75, 3.05) is 26.7 Å². The molecule has 0 saturated carbocycles. The van der Waals surface area contributed by atoms with Crippen molar-refractivity contribution in [3.8, 4) is 0 Å². The minimum Gasteiger partial charge on any atom is -0.481 e. The number of urea groups is 1. The Morgan fingerprint density at radius 3 is 2.33 bits per heavy atom. The molecule has 7 heteroatoms. The molecule has 1 aliphatic heterocycles. The molecule has 0 radical (unpaired) electrons. The van der Waals surface area contributed by atoms with Gasteiger partial charge in [-0.25, -0.2) is 4.79 Å². The van der Waals surface area contributed by atoms with Crippen molar-refractivity contribution >= 4 is 17.9 Å². The Kier molecular flexibility index (Phi) is 4.94. The summed E-state index contributed by atoms with van der Waals surface area (Å²) in [5, 5.41) is 8.69. The number of hydrogen-bond acceptors (Lipinski definition) is 3. The third-order valence-corrected chi connectivity index (χ3v) is 3.07. The number of hydrogen-bond donors (Lipinski definition) is 2. The van der Waals surface area contributed by atoms with Gasteiger partial charge in [-0.15, -0.1) is 0 Å². The van der Waals surface area contributed by atoms with Gasteiger partial charge in [0, 0.05) is 26.6 Å². The zero-order valence-electron chi connectivity index (χ0n) is 10.5. The van der Waals surface area contributed by atoms with Gasteiger partial charge in [-0.2, -0.15) is 0 Å². The van der Waals surface area contributed by atoms with Gasteiger partial charge in [0.25, 0.3) is 0 Å². The molecule has 7 nitrogen and oxygen atoms in total. The predicted molar refractivity (Wildman–Crippen MR) is 63.8 cm³/mol. The average molecular weight is 257 g/mol. The van der Waals surface area contributed by atoms with Gasteiger partial charge in [-0.05, 0) is 18.8 Å². The number of carbonyl (C=O) groups excluding carboxylic acids is 2. The number of rotatable bonds is 4. The van der Waals surface area contributed by atoms with E-state index in [1.54, 1.807) is 4.90 Å². The van der Waals surface area contributed by atoms with Gasteiger partial charge in [0.05, 0.1) is 0 Å². The van der Waals surface area contributed by atoms with E-state index in [9.17, 15) is 14.4 Å². The maximum Gasteiger partial charge on any atom is 0.320 e. The second-order valence-corrected chi connectivity index (χ2v) is 4.63. The molecule has 0 spiro atoms. The molecule has 18 heavy (non-hydrogen) atoms. The number of carboxylic acids is 1. The highest BCUT2D eigenvalue weighted by atomic mass is 16.4. The SMILES string of the molecule is CN(CC(N)=O)C(=O)N1CCC(CC(=O)O)CC1. The van der Waals surface area contributed by atoms with Crippen molar-refractivity contribution in [3.05, 3.63) is 0 Å². The quantitative estimate of drug-likeness (QED) is 0.722. The first kappa shape index (κ1) is 14.3. The maximum atomic E-state index is 11.9. The summed E-state index contributed by atoms with van der Waals surface area (Å²) in [5.41, 5.74) is 5.02. The van der Waals surface area contributed by atoms with Gasteiger partial charge in [0.2, 0.25) is 5.91 Å². The molecule has 0 unspecified atom stereocenters. The summed E-state index contributed by atoms with van der Waals surface area (Å²) in [6.45, 7) is 0.952. The van der Waals surface area contributed by atoms with Gasteiger partial charge in [0.15, 0.2) is 0 Å². The van der Waals surface area contributed by atoms with Crippen LogP contribution in [0.15, 0.2) is 0 Å². The number of primary amides is 1. The second-order valence-electron chi connectivity index (χ2n) is 4.63. The molecule has 102 valence electrons. The third kappa shape index (κ3) is 4.23. The van der Waals surface area contributed by atoms with Gasteiger partial charge < -0.3 is 20.6 Å². The lowest BCUT2D eigenvalue weighted by Gasteiger charge is -2.33. The minimum atomic E-state index is -0.800. The van der Waals surface area contributed by atoms with Gasteiger partial charge in [-0.3, -0.25) is 9.59 Å². The van der Waals surface area contributed by atoms with Crippen molar-refractivity contribution in [1.29, 1.82) is 0 Å². The summed E-state index contributed by atoms with van der Waals surface area (Å²) in [4.78, 5) is 36.1. The van der Waals surface area contributed by atoms with Crippen molar-refractivity contribution in [3.63, 3.8) is 0 Å². The van der Waals surface area contributed by atoms with E-state index in [4.69, 9.17) is 10.8 Å². The highest BCUT2D eigenvalue weighted by Gasteiger charge is 2.26. The molecule has 0 aromatic heterocycles. The normalized spacial score (nSPS) is 16.4. The summed E-state index contributed by atoms with van der Waals surface area (Å²) >= 11 is 0. The van der Waals surface area contributed by atoms with Crippen LogP contribution in [0.4, 0.5) is 4.79 Å². The van der Waals surface area contributed by atoms with Crippen LogP contribution in [0.3, 0.4) is 0 Å². The first-order valence-corrected chi connectivity index (χ1v) is 5.90. The fourth-order valence-corrected chi connectivity index (χ4v) is 2.12. The number of nitrogens with two attached hydrogens (primary N) is 1. The molecule has 0 atom stereocenters. The lowest BCUT2D eigenvalue weighted by atomic mass is 9.94. The number of piperidine rings is 1. The van der Waals surface area contributed by atoms with Crippen molar-refractivity contribution < 1.29 is 19.5 Å². The Hall–Kier alpha value is -1.79. The summed E-state index contributed by atoms with van der Waals surface area (Å²) < 4.78 is 0. The smallest absolute Gasteiger partial charge is 0.320 e. The molecule has 1 aliphatic rings. The molecule has 0 bridgehead atoms. The monoisotopic (exact) mass is 257 g/mol. The zero-order valence-corrected chi connectivity index (χ0v) is 10.5. The van der Waals surface area contributed by atoms with Crippen LogP contribution in [0.1, 0.15) is 19.3 Å². The summed E-state index contributed by atoms with van der Waals surface area (Å²) in [6.07, 6.45) is 1.52. The van der Waals surface area contributed by atoms with Crippen LogP contribution in [0.2, 0.25) is 0 Å². The minimum absolute atomic E-state index is 0.103. The van der Waals surface area contributed by atoms with Crippen LogP contribution in [-0.2, 0) is 9.59 Å². The van der Waals surface area contributed by atoms with Crippen molar-refractivity contribution in [1.82, 2.24) is 9.80 Å². The number of carbonyl (C=O) groups is 3. The Balaban J connectivity index is 2.40. The molecule has 0 aliphatic carbocycles. The topological polar surface area (TPSA) is 104 Å². The Labute approximate surface area is 106 Å². The molecular weight excluding hydrogens is 238 g/mol. The lowest BCUT2D eigenvalue weighted by Crippen LogP contribution is -2.47. The Bertz CT molecular complexity index is 337. The van der Waals surface area contributed by atoms with E-state index in [2.05, 4.69) is 0 Å². The number of nitrogens with zero attached hydrogens (tertiary/aromatic N) is 2. The van der Waals surface area contributed by atoms with Gasteiger partial charge in [-0.1, -0.05) is 0 Å². The number of amides is 3. The van der Waals surface area contributed by atoms with E-state index in [0.717, 1.165) is 0 Å². The van der Waals surface area contributed by atoms with E-state index < -0.39 is 11.9 Å². The first-order valence-electron chi connectivity index (χ1n) is 5.90. The number of carboxylic acid groups (broad SMARTS) is 1. The van der Waals surface area contributed by atoms with E-state index >= 15 is 0 Å². The highest BCUT2D eigenvalue weighted by Crippen LogP contribution is 2.20. The molecule has 1 heterocycles. The van der Waals surface area contributed by atoms with Crippen LogP contribution < -0.4 is 5.73 Å². The fourth-order valence-electron chi connectivity index (χ4n) is 2.12. The van der Waals surface area contributed by atoms with E-state index in [1.165, 1.54) is 11.9 Å². The van der Waals surface area contributed by atoms with Crippen molar-refractivity contribution in [2.45, 2.75) is 19.3 Å². The van der Waals surface area contributed by atoms with E-state index in [-0.39, 0.29) is 24.9 Å². The summed E-state index contributed by atoms with van der Waals surface area (Å²) in [5.74, 6) is -1.22. The van der Waals surface area contributed by atoms with E-state index in [0.29, 0.717) is 25.9 Å². The van der Waals surface area contributed by atoms with E-state index in [1.807, 2.05) is 0 Å². The first-order chi connectivity index (χ1) is 8.40. The summed E-state index contributed by atoms with van der Waals surface area (Å²) in [6, 6.07) is -0.234. The van der Waals surface area contributed by atoms with Crippen molar-refractivity contribution in [2.24, 2.45) is 11.7 Å². The molecule has 1 saturated heterocycles. The summed E-state index contributed by atoms with van der Waals surface area (Å²) in [7, 11) is 1.52. The van der Waals surface area contributed by atoms with Gasteiger partial charge in [0.1, 0.15) is 6.54 Å². The van der Waals surface area contributed by atoms with Crippen LogP contribution in [0.5, 0.6) is 0 Å². The van der Waals surface area contributed by atoms with Gasteiger partial charge >= 0.3 is 12.0 Å². The predicted octanol–water partition coefficient (Wildman–Crippen LogP) is -0.290. The zero-order chi connectivity index (χ0) is 13.7. The molecular formula is C11H19N3O4.